The highest BCUT2D eigenvalue weighted by molar-refractivity contribution is 6.00. The number of hydrogen-bond acceptors (Lipinski definition) is 4. The van der Waals surface area contributed by atoms with Crippen molar-refractivity contribution in [3.63, 3.8) is 0 Å². The van der Waals surface area contributed by atoms with Crippen LogP contribution in [0.15, 0.2) is 0 Å². The van der Waals surface area contributed by atoms with Gasteiger partial charge in [0.25, 0.3) is 0 Å². The van der Waals surface area contributed by atoms with Crippen LogP contribution in [-0.4, -0.2) is 43.2 Å². The highest BCUT2D eigenvalue weighted by Crippen LogP contribution is 2.46. The minimum atomic E-state index is -6.54. The number of hydrogen-bond donors (Lipinski definition) is 0. The van der Waals surface area contributed by atoms with Crippen molar-refractivity contribution in [1.29, 1.82) is 0 Å². The third-order valence-electron chi connectivity index (χ3n) is 4.67. The Kier molecular flexibility index (Phi) is 10.4. The molecule has 0 fully saturated rings. The van der Waals surface area contributed by atoms with Crippen molar-refractivity contribution in [3.8, 4) is 0 Å². The van der Waals surface area contributed by atoms with E-state index in [0.29, 0.717) is 6.42 Å². The topological polar surface area (TPSA) is 52.6 Å². The molecule has 0 rings (SSSR count). The number of ether oxygens (including phenoxy) is 2. The summed E-state index contributed by atoms with van der Waals surface area (Å²) in [6.07, 6.45) is -2.91. The summed E-state index contributed by atoms with van der Waals surface area (Å²) < 4.78 is 98.0. The van der Waals surface area contributed by atoms with Crippen molar-refractivity contribution < 1.29 is 49.8 Å². The first-order chi connectivity index (χ1) is 13.2. The minimum Gasteiger partial charge on any atom is -0.465 e. The van der Waals surface area contributed by atoms with E-state index in [-0.39, 0.29) is 19.4 Å². The van der Waals surface area contributed by atoms with Gasteiger partial charge in [-0.25, -0.2) is 0 Å². The molecule has 29 heavy (non-hydrogen) atoms. The molecule has 0 aromatic rings. The third-order valence-corrected chi connectivity index (χ3v) is 4.67. The molecular formula is C18H27F7O4. The van der Waals surface area contributed by atoms with Crippen LogP contribution in [0.1, 0.15) is 65.7 Å². The molecule has 0 aromatic carbocycles. The van der Waals surface area contributed by atoms with E-state index in [1.807, 2.05) is 6.92 Å². The first kappa shape index (κ1) is 27.5. The van der Waals surface area contributed by atoms with E-state index < -0.39 is 42.0 Å². The van der Waals surface area contributed by atoms with Crippen LogP contribution in [0.2, 0.25) is 0 Å². The number of halogens is 7. The highest BCUT2D eigenvalue weighted by atomic mass is 19.4. The Morgan fingerprint density at radius 3 is 1.66 bits per heavy atom. The molecule has 0 heterocycles. The van der Waals surface area contributed by atoms with Crippen LogP contribution in [0.4, 0.5) is 30.7 Å². The summed E-state index contributed by atoms with van der Waals surface area (Å²) in [6, 6.07) is 0. The van der Waals surface area contributed by atoms with Crippen molar-refractivity contribution in [2.24, 2.45) is 5.41 Å². The van der Waals surface area contributed by atoms with E-state index in [0.717, 1.165) is 25.7 Å². The van der Waals surface area contributed by atoms with Crippen molar-refractivity contribution >= 4 is 11.9 Å². The lowest BCUT2D eigenvalue weighted by Gasteiger charge is -2.30. The molecule has 0 saturated heterocycles. The third kappa shape index (κ3) is 6.74. The summed E-state index contributed by atoms with van der Waals surface area (Å²) in [5, 5.41) is 0. The van der Waals surface area contributed by atoms with Crippen LogP contribution in [0.5, 0.6) is 0 Å². The molecular weight excluding hydrogens is 413 g/mol. The molecule has 0 spiro atoms. The van der Waals surface area contributed by atoms with Crippen LogP contribution in [-0.2, 0) is 19.1 Å². The Bertz CT molecular complexity index is 529. The van der Waals surface area contributed by atoms with Gasteiger partial charge in [0.05, 0.1) is 6.61 Å². The lowest BCUT2D eigenvalue weighted by Crippen LogP contribution is -2.55. The van der Waals surface area contributed by atoms with E-state index in [2.05, 4.69) is 4.74 Å². The maximum absolute atomic E-state index is 13.3. The van der Waals surface area contributed by atoms with Crippen molar-refractivity contribution in [3.05, 3.63) is 0 Å². The van der Waals surface area contributed by atoms with Gasteiger partial charge in [0.15, 0.2) is 12.0 Å². The smallest absolute Gasteiger partial charge is 0.460 e. The molecule has 0 amide bonds. The van der Waals surface area contributed by atoms with Gasteiger partial charge in [-0.1, -0.05) is 46.5 Å². The highest BCUT2D eigenvalue weighted by Gasteiger charge is 2.73. The molecule has 0 aliphatic rings. The molecule has 4 nitrogen and oxygen atoms in total. The van der Waals surface area contributed by atoms with Gasteiger partial charge in [-0.2, -0.15) is 30.7 Å². The van der Waals surface area contributed by atoms with Gasteiger partial charge in [-0.3, -0.25) is 9.59 Å². The van der Waals surface area contributed by atoms with E-state index in [9.17, 15) is 40.3 Å². The van der Waals surface area contributed by atoms with Gasteiger partial charge in [0, 0.05) is 0 Å². The first-order valence-electron chi connectivity index (χ1n) is 9.40. The summed E-state index contributed by atoms with van der Waals surface area (Å²) >= 11 is 0. The van der Waals surface area contributed by atoms with Crippen molar-refractivity contribution in [2.75, 3.05) is 13.2 Å². The quantitative estimate of drug-likeness (QED) is 0.160. The second kappa shape index (κ2) is 11.0. The monoisotopic (exact) mass is 440 g/mol. The van der Waals surface area contributed by atoms with Crippen LogP contribution in [0.3, 0.4) is 0 Å². The molecule has 0 unspecified atom stereocenters. The van der Waals surface area contributed by atoms with Crippen LogP contribution in [0.25, 0.3) is 0 Å². The van der Waals surface area contributed by atoms with Gasteiger partial charge < -0.3 is 9.47 Å². The lowest BCUT2D eigenvalue weighted by molar-refractivity contribution is -0.360. The Balaban J connectivity index is 5.05. The second-order valence-corrected chi connectivity index (χ2v) is 6.69. The van der Waals surface area contributed by atoms with Crippen LogP contribution in [0, 0.1) is 5.41 Å². The summed E-state index contributed by atoms with van der Waals surface area (Å²) in [4.78, 5) is 24.5. The maximum atomic E-state index is 13.3. The van der Waals surface area contributed by atoms with Crippen LogP contribution >= 0.6 is 0 Å². The van der Waals surface area contributed by atoms with Gasteiger partial charge in [0.1, 0.15) is 0 Å². The predicted molar refractivity (Wildman–Crippen MR) is 89.6 cm³/mol. The largest absolute Gasteiger partial charge is 0.465 e. The van der Waals surface area contributed by atoms with Gasteiger partial charge in [0.2, 0.25) is 0 Å². The number of esters is 2. The Morgan fingerprint density at radius 2 is 1.21 bits per heavy atom. The van der Waals surface area contributed by atoms with Gasteiger partial charge in [-0.15, -0.1) is 0 Å². The maximum Gasteiger partial charge on any atom is 0.460 e. The summed E-state index contributed by atoms with van der Waals surface area (Å²) in [7, 11) is 0. The van der Waals surface area contributed by atoms with E-state index in [4.69, 9.17) is 4.74 Å². The molecule has 172 valence electrons. The van der Waals surface area contributed by atoms with Gasteiger partial charge in [-0.05, 0) is 19.3 Å². The second-order valence-electron chi connectivity index (χ2n) is 6.69. The fourth-order valence-corrected chi connectivity index (χ4v) is 2.51. The molecule has 0 aliphatic carbocycles. The first-order valence-corrected chi connectivity index (χ1v) is 9.40. The summed E-state index contributed by atoms with van der Waals surface area (Å²) in [6.45, 7) is 2.13. The zero-order valence-electron chi connectivity index (χ0n) is 16.6. The molecule has 0 aliphatic heterocycles. The number of alkyl halides is 7. The van der Waals surface area contributed by atoms with Gasteiger partial charge >= 0.3 is 30.0 Å². The molecule has 0 atom stereocenters. The molecule has 0 bridgehead atoms. The number of unbranched alkanes of at least 4 members (excludes halogenated alkanes) is 4. The number of rotatable bonds is 13. The normalized spacial score (nSPS) is 13.3. The summed E-state index contributed by atoms with van der Waals surface area (Å²) in [5.41, 5.74) is -2.06. The van der Waals surface area contributed by atoms with E-state index >= 15 is 0 Å². The SMILES string of the molecule is CCCCCCCOC(=O)C(CC)(CC)C(=O)OCC(F)(F)C(F)(F)C(F)(F)F. The predicted octanol–water partition coefficient (Wildman–Crippen LogP) is 5.68. The molecule has 0 N–H and O–H groups in total. The van der Waals surface area contributed by atoms with E-state index in [1.54, 1.807) is 0 Å². The van der Waals surface area contributed by atoms with E-state index in [1.165, 1.54) is 13.8 Å². The Hall–Kier alpha value is -1.55. The minimum absolute atomic E-state index is 0.0418. The zero-order valence-corrected chi connectivity index (χ0v) is 16.6. The number of carbonyl (C=O) groups excluding carboxylic acids is 2. The van der Waals surface area contributed by atoms with Crippen molar-refractivity contribution in [1.82, 2.24) is 0 Å². The average molecular weight is 440 g/mol. The molecule has 0 aromatic heterocycles. The summed E-state index contributed by atoms with van der Waals surface area (Å²) in [5.74, 6) is -14.8. The zero-order chi connectivity index (χ0) is 22.9. The Morgan fingerprint density at radius 1 is 0.724 bits per heavy atom. The van der Waals surface area contributed by atoms with Crippen LogP contribution < -0.4 is 0 Å². The fraction of sp³-hybridized carbons (Fsp3) is 0.889. The molecule has 0 saturated carbocycles. The standard InChI is InChI=1S/C18H27F7O4/c1-4-7-8-9-10-11-28-13(26)15(5-2,6-3)14(27)29-12-16(19,20)17(21,22)18(23,24)25/h4-12H2,1-3H3. The average Bonchev–Trinajstić information content (AvgIpc) is 2.63. The molecule has 11 heteroatoms. The Labute approximate surface area is 165 Å². The lowest BCUT2D eigenvalue weighted by atomic mass is 9.82. The van der Waals surface area contributed by atoms with Crippen molar-refractivity contribution in [2.45, 2.75) is 83.7 Å². The fourth-order valence-electron chi connectivity index (χ4n) is 2.51. The number of carbonyl (C=O) groups is 2. The molecule has 0 radical (unpaired) electrons.